The lowest BCUT2D eigenvalue weighted by molar-refractivity contribution is -0.274. The van der Waals surface area contributed by atoms with Crippen molar-refractivity contribution in [2.45, 2.75) is 31.7 Å². The van der Waals surface area contributed by atoms with Crippen LogP contribution in [0.3, 0.4) is 0 Å². The van der Waals surface area contributed by atoms with Crippen molar-refractivity contribution in [2.75, 3.05) is 58.3 Å². The Balaban J connectivity index is 1.15. The Bertz CT molecular complexity index is 1880. The maximum absolute atomic E-state index is 13.9. The Hall–Kier alpha value is -5.04. The van der Waals surface area contributed by atoms with Crippen molar-refractivity contribution in [1.29, 1.82) is 0 Å². The number of imidazole rings is 1. The number of carbonyl (C=O) groups excluding carboxylic acids is 1. The van der Waals surface area contributed by atoms with Crippen LogP contribution in [-0.4, -0.2) is 85.0 Å². The predicted octanol–water partition coefficient (Wildman–Crippen LogP) is 7.18. The van der Waals surface area contributed by atoms with Gasteiger partial charge in [0.05, 0.1) is 42.8 Å². The first-order chi connectivity index (χ1) is 24.1. The van der Waals surface area contributed by atoms with Gasteiger partial charge in [-0.25, -0.2) is 9.37 Å². The van der Waals surface area contributed by atoms with Crippen LogP contribution in [-0.2, 0) is 6.54 Å². The van der Waals surface area contributed by atoms with Crippen molar-refractivity contribution in [3.8, 4) is 11.5 Å². The quantitative estimate of drug-likeness (QED) is 0.128. The summed E-state index contributed by atoms with van der Waals surface area (Å²) in [7, 11) is 2.93. The first-order valence-electron chi connectivity index (χ1n) is 16.5. The zero-order valence-corrected chi connectivity index (χ0v) is 27.9. The first kappa shape index (κ1) is 34.8. The third kappa shape index (κ3) is 8.39. The van der Waals surface area contributed by atoms with Gasteiger partial charge in [-0.15, -0.1) is 13.2 Å². The molecule has 1 amide bonds. The van der Waals surface area contributed by atoms with Crippen LogP contribution in [0.1, 0.15) is 40.2 Å². The number of nitrogens with zero attached hydrogens (tertiary/aromatic N) is 5. The van der Waals surface area contributed by atoms with Gasteiger partial charge in [0, 0.05) is 44.7 Å². The number of ether oxygens (including phenoxy) is 2. The predicted molar refractivity (Wildman–Crippen MR) is 181 cm³/mol. The molecule has 0 aliphatic carbocycles. The fraction of sp³-hybridized carbons (Fsp3) is 0.351. The Morgan fingerprint density at radius 2 is 1.82 bits per heavy atom. The molecule has 0 saturated carbocycles. The Morgan fingerprint density at radius 3 is 2.56 bits per heavy atom. The highest BCUT2D eigenvalue weighted by Gasteiger charge is 2.32. The fourth-order valence-electron chi connectivity index (χ4n) is 6.53. The van der Waals surface area contributed by atoms with Crippen LogP contribution in [0.15, 0.2) is 89.7 Å². The highest BCUT2D eigenvalue weighted by Crippen LogP contribution is 2.31. The van der Waals surface area contributed by atoms with Crippen molar-refractivity contribution in [1.82, 2.24) is 19.4 Å². The molecule has 1 aliphatic rings. The fourth-order valence-corrected chi connectivity index (χ4v) is 6.53. The number of methoxy groups -OCH3 is 1. The highest BCUT2D eigenvalue weighted by molar-refractivity contribution is 5.97. The molecule has 3 heterocycles. The molecule has 6 rings (SSSR count). The molecule has 5 aromatic rings. The number of likely N-dealkylation sites (N-methyl/N-ethyl adjacent to an activating group) is 1. The van der Waals surface area contributed by atoms with Crippen LogP contribution in [0.25, 0.3) is 11.0 Å². The number of carbonyl (C=O) groups is 1. The van der Waals surface area contributed by atoms with Crippen LogP contribution < -0.4 is 14.4 Å². The van der Waals surface area contributed by atoms with E-state index in [2.05, 4.69) is 25.2 Å². The van der Waals surface area contributed by atoms with E-state index in [1.807, 2.05) is 24.3 Å². The van der Waals surface area contributed by atoms with E-state index < -0.39 is 18.0 Å². The van der Waals surface area contributed by atoms with Crippen molar-refractivity contribution in [2.24, 2.45) is 0 Å². The van der Waals surface area contributed by atoms with Gasteiger partial charge in [-0.2, -0.15) is 0 Å². The number of rotatable bonds is 12. The van der Waals surface area contributed by atoms with Gasteiger partial charge in [0.1, 0.15) is 17.3 Å². The lowest BCUT2D eigenvalue weighted by atomic mass is 9.94. The van der Waals surface area contributed by atoms with E-state index in [9.17, 15) is 22.4 Å². The standard InChI is InChI=1S/C37H39F4N5O4/c1-43(35(47)31-22-30(50-37(39,40)41)12-13-34(31)48-2)24-28(27-8-10-29(38)11-9-27)14-18-44-16-5-17-45(20-19-44)36-42-32-6-3-4-7-33(32)46(36)23-26-15-21-49-25-26/h3-4,6-13,15,21-22,25,28H,5,14,16-20,23-24H2,1-2H3. The largest absolute Gasteiger partial charge is 0.573 e. The summed E-state index contributed by atoms with van der Waals surface area (Å²) in [5, 5.41) is 0. The molecule has 1 saturated heterocycles. The van der Waals surface area contributed by atoms with E-state index >= 15 is 0 Å². The van der Waals surface area contributed by atoms with E-state index in [-0.39, 0.29) is 29.6 Å². The molecular weight excluding hydrogens is 654 g/mol. The number of halogens is 4. The number of anilines is 1. The van der Waals surface area contributed by atoms with E-state index in [1.54, 1.807) is 31.7 Å². The summed E-state index contributed by atoms with van der Waals surface area (Å²) in [5.41, 5.74) is 3.85. The number of benzene rings is 3. The van der Waals surface area contributed by atoms with Crippen LogP contribution in [0.2, 0.25) is 0 Å². The summed E-state index contributed by atoms with van der Waals surface area (Å²) in [5.74, 6) is -0.540. The minimum atomic E-state index is -4.91. The smallest absolute Gasteiger partial charge is 0.496 e. The zero-order chi connectivity index (χ0) is 35.3. The molecule has 1 aliphatic heterocycles. The van der Waals surface area contributed by atoms with Gasteiger partial charge in [0.2, 0.25) is 5.95 Å². The zero-order valence-electron chi connectivity index (χ0n) is 27.9. The molecule has 50 heavy (non-hydrogen) atoms. The van der Waals surface area contributed by atoms with Gasteiger partial charge >= 0.3 is 6.36 Å². The van der Waals surface area contributed by atoms with Crippen LogP contribution in [0, 0.1) is 5.82 Å². The molecule has 1 atom stereocenters. The molecule has 1 unspecified atom stereocenters. The Kier molecular flexibility index (Phi) is 10.6. The number of amides is 1. The van der Waals surface area contributed by atoms with Crippen molar-refractivity contribution in [3.05, 3.63) is 108 Å². The van der Waals surface area contributed by atoms with Crippen molar-refractivity contribution < 1.29 is 36.2 Å². The van der Waals surface area contributed by atoms with Gasteiger partial charge < -0.3 is 33.2 Å². The van der Waals surface area contributed by atoms with Gasteiger partial charge in [-0.3, -0.25) is 4.79 Å². The van der Waals surface area contributed by atoms with Gasteiger partial charge in [0.25, 0.3) is 5.91 Å². The highest BCUT2D eigenvalue weighted by atomic mass is 19.4. The maximum Gasteiger partial charge on any atom is 0.573 e. The monoisotopic (exact) mass is 693 g/mol. The molecule has 0 bridgehead atoms. The number of hydrogen-bond donors (Lipinski definition) is 0. The molecule has 3 aromatic carbocycles. The average molecular weight is 694 g/mol. The second-order valence-corrected chi connectivity index (χ2v) is 12.4. The Morgan fingerprint density at radius 1 is 1.02 bits per heavy atom. The van der Waals surface area contributed by atoms with Gasteiger partial charge in [-0.05, 0) is 80.0 Å². The molecular formula is C37H39F4N5O4. The van der Waals surface area contributed by atoms with Gasteiger partial charge in [0.15, 0.2) is 0 Å². The van der Waals surface area contributed by atoms with Crippen molar-refractivity contribution >= 4 is 22.9 Å². The van der Waals surface area contributed by atoms with Crippen molar-refractivity contribution in [3.63, 3.8) is 0 Å². The van der Waals surface area contributed by atoms with E-state index in [0.29, 0.717) is 13.0 Å². The first-order valence-corrected chi connectivity index (χ1v) is 16.5. The molecule has 1 fully saturated rings. The van der Waals surface area contributed by atoms with E-state index in [1.165, 1.54) is 30.2 Å². The third-order valence-corrected chi connectivity index (χ3v) is 9.04. The normalized spacial score (nSPS) is 14.8. The Labute approximate surface area is 287 Å². The maximum atomic E-state index is 13.9. The lowest BCUT2D eigenvalue weighted by Crippen LogP contribution is -2.35. The van der Waals surface area contributed by atoms with Crippen LogP contribution in [0.5, 0.6) is 11.5 Å². The number of para-hydroxylation sites is 2. The number of alkyl halides is 3. The van der Waals surface area contributed by atoms with E-state index in [4.69, 9.17) is 14.1 Å². The average Bonchev–Trinajstić information content (AvgIpc) is 3.68. The molecule has 13 heteroatoms. The lowest BCUT2D eigenvalue weighted by Gasteiger charge is -2.28. The van der Waals surface area contributed by atoms with Crippen LogP contribution >= 0.6 is 0 Å². The molecule has 0 N–H and O–H groups in total. The molecule has 0 spiro atoms. The number of fused-ring (bicyclic) bond motifs is 1. The summed E-state index contributed by atoms with van der Waals surface area (Å²) in [6.45, 7) is 4.88. The minimum absolute atomic E-state index is 0.0546. The SMILES string of the molecule is COc1ccc(OC(F)(F)F)cc1C(=O)N(C)CC(CCN1CCCN(c2nc3ccccc3n2Cc2ccoc2)CC1)c1ccc(F)cc1. The summed E-state index contributed by atoms with van der Waals surface area (Å²) in [4.78, 5) is 24.8. The summed E-state index contributed by atoms with van der Waals surface area (Å²) >= 11 is 0. The summed E-state index contributed by atoms with van der Waals surface area (Å²) in [6, 6.07) is 19.7. The number of aromatic nitrogens is 2. The minimum Gasteiger partial charge on any atom is -0.496 e. The van der Waals surface area contributed by atoms with Gasteiger partial charge in [-0.1, -0.05) is 24.3 Å². The number of hydrogen-bond acceptors (Lipinski definition) is 7. The summed E-state index contributed by atoms with van der Waals surface area (Å²) in [6.07, 6.45) is 0.100. The molecule has 0 radical (unpaired) electrons. The third-order valence-electron chi connectivity index (χ3n) is 9.04. The van der Waals surface area contributed by atoms with E-state index in [0.717, 1.165) is 79.4 Å². The molecule has 9 nitrogen and oxygen atoms in total. The van der Waals surface area contributed by atoms with Crippen LogP contribution in [0.4, 0.5) is 23.5 Å². The number of furan rings is 1. The second-order valence-electron chi connectivity index (χ2n) is 12.4. The summed E-state index contributed by atoms with van der Waals surface area (Å²) < 4.78 is 69.5. The molecule has 2 aromatic heterocycles. The topological polar surface area (TPSA) is 76.2 Å². The second kappa shape index (κ2) is 15.2. The molecule has 264 valence electrons.